The van der Waals surface area contributed by atoms with Crippen molar-refractivity contribution in [3.05, 3.63) is 54.0 Å². The number of benzene rings is 1. The summed E-state index contributed by atoms with van der Waals surface area (Å²) in [6, 6.07) is 12.1. The molecule has 2 heterocycles. The lowest BCUT2D eigenvalue weighted by Crippen LogP contribution is -2.29. The maximum atomic E-state index is 12.5. The normalized spacial score (nSPS) is 18.9. The molecule has 1 aliphatic rings. The van der Waals surface area contributed by atoms with E-state index < -0.39 is 0 Å². The van der Waals surface area contributed by atoms with Gasteiger partial charge in [0.15, 0.2) is 5.69 Å². The Labute approximate surface area is 160 Å². The number of nitrogens with one attached hydrogen (secondary N) is 1. The molecule has 0 saturated carbocycles. The fourth-order valence-corrected chi connectivity index (χ4v) is 3.56. The Kier molecular flexibility index (Phi) is 6.37. The minimum absolute atomic E-state index is 0.244. The zero-order valence-corrected chi connectivity index (χ0v) is 15.6. The molecule has 6 heteroatoms. The fourth-order valence-electron chi connectivity index (χ4n) is 3.56. The van der Waals surface area contributed by atoms with Gasteiger partial charge >= 0.3 is 0 Å². The van der Waals surface area contributed by atoms with Gasteiger partial charge in [-0.05, 0) is 30.2 Å². The van der Waals surface area contributed by atoms with Crippen molar-refractivity contribution in [2.75, 3.05) is 25.0 Å². The summed E-state index contributed by atoms with van der Waals surface area (Å²) in [6.45, 7) is 4.62. The molecular formula is C21H25N5O. The topological polar surface area (TPSA) is 81.9 Å². The molecule has 1 aromatic heterocycles. The van der Waals surface area contributed by atoms with Crippen molar-refractivity contribution < 1.29 is 4.79 Å². The van der Waals surface area contributed by atoms with Gasteiger partial charge in [0.2, 0.25) is 5.91 Å². The van der Waals surface area contributed by atoms with E-state index in [1.165, 1.54) is 11.8 Å². The fraction of sp³-hybridized carbons (Fsp3) is 0.429. The SMILES string of the molecule is C[C@@H]1CN(C(=O)CCc2ccccc2)C[C@H]1CCNc1cncc(C#N)n1. The maximum absolute atomic E-state index is 12.5. The van der Waals surface area contributed by atoms with Crippen LogP contribution < -0.4 is 5.32 Å². The number of nitriles is 1. The Bertz CT molecular complexity index is 802. The molecule has 140 valence electrons. The third-order valence-corrected chi connectivity index (χ3v) is 5.16. The van der Waals surface area contributed by atoms with Gasteiger partial charge in [-0.3, -0.25) is 9.78 Å². The van der Waals surface area contributed by atoms with Crippen LogP contribution in [0.15, 0.2) is 42.7 Å². The standard InChI is InChI=1S/C21H25N5O/c1-16-14-26(21(27)8-7-17-5-3-2-4-6-17)15-18(16)9-10-24-20-13-23-12-19(11-22)25-20/h2-6,12-13,16,18H,7-10,14-15H2,1H3,(H,24,25)/t16-,18-/m1/s1. The van der Waals surface area contributed by atoms with E-state index >= 15 is 0 Å². The van der Waals surface area contributed by atoms with Crippen molar-refractivity contribution in [1.82, 2.24) is 14.9 Å². The first kappa shape index (κ1) is 18.8. The largest absolute Gasteiger partial charge is 0.369 e. The van der Waals surface area contributed by atoms with Gasteiger partial charge in [-0.25, -0.2) is 4.98 Å². The van der Waals surface area contributed by atoms with Crippen LogP contribution in [0.4, 0.5) is 5.82 Å². The lowest BCUT2D eigenvalue weighted by molar-refractivity contribution is -0.130. The van der Waals surface area contributed by atoms with Gasteiger partial charge < -0.3 is 10.2 Å². The Hall–Kier alpha value is -2.94. The van der Waals surface area contributed by atoms with Gasteiger partial charge in [0.1, 0.15) is 11.9 Å². The molecule has 0 spiro atoms. The summed E-state index contributed by atoms with van der Waals surface area (Å²) in [4.78, 5) is 22.7. The predicted molar refractivity (Wildman–Crippen MR) is 104 cm³/mol. The molecule has 1 amide bonds. The Balaban J connectivity index is 1.43. The predicted octanol–water partition coefficient (Wildman–Crippen LogP) is 2.88. The van der Waals surface area contributed by atoms with Crippen molar-refractivity contribution in [3.63, 3.8) is 0 Å². The van der Waals surface area contributed by atoms with Crippen molar-refractivity contribution >= 4 is 11.7 Å². The lowest BCUT2D eigenvalue weighted by atomic mass is 9.95. The molecule has 1 saturated heterocycles. The van der Waals surface area contributed by atoms with Crippen LogP contribution in [0.25, 0.3) is 0 Å². The summed E-state index contributed by atoms with van der Waals surface area (Å²) in [5, 5.41) is 12.1. The Morgan fingerprint density at radius 1 is 1.30 bits per heavy atom. The summed E-state index contributed by atoms with van der Waals surface area (Å²) >= 11 is 0. The summed E-state index contributed by atoms with van der Waals surface area (Å²) in [5.41, 5.74) is 1.52. The van der Waals surface area contributed by atoms with Crippen LogP contribution in [0.3, 0.4) is 0 Å². The zero-order chi connectivity index (χ0) is 19.1. The van der Waals surface area contributed by atoms with E-state index in [0.29, 0.717) is 29.8 Å². The van der Waals surface area contributed by atoms with E-state index in [4.69, 9.17) is 5.26 Å². The van der Waals surface area contributed by atoms with Gasteiger partial charge in [-0.1, -0.05) is 37.3 Å². The molecule has 2 aromatic rings. The highest BCUT2D eigenvalue weighted by Crippen LogP contribution is 2.26. The molecule has 6 nitrogen and oxygen atoms in total. The molecule has 27 heavy (non-hydrogen) atoms. The van der Waals surface area contributed by atoms with Gasteiger partial charge in [0.05, 0.1) is 12.4 Å². The van der Waals surface area contributed by atoms with E-state index in [9.17, 15) is 4.79 Å². The van der Waals surface area contributed by atoms with E-state index in [1.807, 2.05) is 29.2 Å². The minimum atomic E-state index is 0.244. The van der Waals surface area contributed by atoms with Crippen molar-refractivity contribution in [1.29, 1.82) is 5.26 Å². The van der Waals surface area contributed by atoms with Gasteiger partial charge in [0.25, 0.3) is 0 Å². The van der Waals surface area contributed by atoms with Crippen LogP contribution in [0, 0.1) is 23.2 Å². The third kappa shape index (κ3) is 5.27. The molecule has 1 N–H and O–H groups in total. The average molecular weight is 363 g/mol. The number of hydrogen-bond acceptors (Lipinski definition) is 5. The van der Waals surface area contributed by atoms with Crippen LogP contribution in [-0.4, -0.2) is 40.4 Å². The maximum Gasteiger partial charge on any atom is 0.222 e. The first-order valence-electron chi connectivity index (χ1n) is 9.43. The third-order valence-electron chi connectivity index (χ3n) is 5.16. The van der Waals surface area contributed by atoms with Crippen molar-refractivity contribution in [3.8, 4) is 6.07 Å². The number of rotatable bonds is 7. The molecule has 0 aliphatic carbocycles. The van der Waals surface area contributed by atoms with E-state index in [2.05, 4.69) is 34.3 Å². The monoisotopic (exact) mass is 363 g/mol. The minimum Gasteiger partial charge on any atom is -0.369 e. The highest BCUT2D eigenvalue weighted by atomic mass is 16.2. The number of aromatic nitrogens is 2. The number of carbonyl (C=O) groups excluding carboxylic acids is 1. The first-order chi connectivity index (χ1) is 13.2. The number of likely N-dealkylation sites (tertiary alicyclic amines) is 1. The van der Waals surface area contributed by atoms with E-state index in [-0.39, 0.29) is 5.91 Å². The Morgan fingerprint density at radius 2 is 2.11 bits per heavy atom. The van der Waals surface area contributed by atoms with Gasteiger partial charge in [0, 0.05) is 26.1 Å². The number of anilines is 1. The number of hydrogen-bond donors (Lipinski definition) is 1. The van der Waals surface area contributed by atoms with Gasteiger partial charge in [-0.15, -0.1) is 0 Å². The smallest absolute Gasteiger partial charge is 0.222 e. The zero-order valence-electron chi connectivity index (χ0n) is 15.6. The van der Waals surface area contributed by atoms with Crippen molar-refractivity contribution in [2.24, 2.45) is 11.8 Å². The molecule has 1 aromatic carbocycles. The van der Waals surface area contributed by atoms with Crippen LogP contribution in [0.1, 0.15) is 31.0 Å². The van der Waals surface area contributed by atoms with Crippen LogP contribution in [-0.2, 0) is 11.2 Å². The number of amides is 1. The number of carbonyl (C=O) groups is 1. The van der Waals surface area contributed by atoms with E-state index in [1.54, 1.807) is 6.20 Å². The summed E-state index contributed by atoms with van der Waals surface area (Å²) < 4.78 is 0. The molecule has 1 fully saturated rings. The molecule has 1 aliphatic heterocycles. The second kappa shape index (κ2) is 9.13. The van der Waals surface area contributed by atoms with Crippen LogP contribution in [0.5, 0.6) is 0 Å². The van der Waals surface area contributed by atoms with Crippen molar-refractivity contribution in [2.45, 2.75) is 26.2 Å². The first-order valence-corrected chi connectivity index (χ1v) is 9.43. The molecule has 0 unspecified atom stereocenters. The van der Waals surface area contributed by atoms with Crippen LogP contribution >= 0.6 is 0 Å². The quantitative estimate of drug-likeness (QED) is 0.818. The molecule has 3 rings (SSSR count). The second-order valence-corrected chi connectivity index (χ2v) is 7.14. The average Bonchev–Trinajstić information content (AvgIpc) is 3.08. The second-order valence-electron chi connectivity index (χ2n) is 7.14. The molecule has 0 bridgehead atoms. The summed E-state index contributed by atoms with van der Waals surface area (Å²) in [6.07, 6.45) is 5.40. The number of nitrogens with zero attached hydrogens (tertiary/aromatic N) is 4. The van der Waals surface area contributed by atoms with Gasteiger partial charge in [-0.2, -0.15) is 5.26 Å². The summed E-state index contributed by atoms with van der Waals surface area (Å²) in [5.74, 6) is 1.83. The molecular weight excluding hydrogens is 338 g/mol. The summed E-state index contributed by atoms with van der Waals surface area (Å²) in [7, 11) is 0. The number of aryl methyl sites for hydroxylation is 1. The highest BCUT2D eigenvalue weighted by Gasteiger charge is 2.31. The highest BCUT2D eigenvalue weighted by molar-refractivity contribution is 5.76. The Morgan fingerprint density at radius 3 is 2.89 bits per heavy atom. The molecule has 2 atom stereocenters. The lowest BCUT2D eigenvalue weighted by Gasteiger charge is -2.17. The molecule has 0 radical (unpaired) electrons. The van der Waals surface area contributed by atoms with Crippen LogP contribution in [0.2, 0.25) is 0 Å². The van der Waals surface area contributed by atoms with E-state index in [0.717, 1.165) is 32.5 Å².